The molecule has 19 heavy (non-hydrogen) atoms. The second-order valence-corrected chi connectivity index (χ2v) is 6.80. The van der Waals surface area contributed by atoms with Crippen LogP contribution < -0.4 is 4.90 Å². The largest absolute Gasteiger partial charge is 0.392 e. The monoisotopic (exact) mass is 264 g/mol. The maximum absolute atomic E-state index is 10.1. The van der Waals surface area contributed by atoms with E-state index >= 15 is 0 Å². The number of β-amino-alcohol motifs (C(OH)–C–C–N with tert-alkyl or cyclic N) is 1. The van der Waals surface area contributed by atoms with Crippen LogP contribution in [0.5, 0.6) is 0 Å². The van der Waals surface area contributed by atoms with E-state index in [1.807, 2.05) is 19.1 Å². The summed E-state index contributed by atoms with van der Waals surface area (Å²) in [5, 5.41) is 19.5. The third-order valence-electron chi connectivity index (χ3n) is 3.60. The van der Waals surface area contributed by atoms with Crippen molar-refractivity contribution in [2.45, 2.75) is 51.7 Å². The number of rotatable bonds is 2. The topological polar surface area (TPSA) is 56.6 Å². The van der Waals surface area contributed by atoms with Gasteiger partial charge in [-0.3, -0.25) is 0 Å². The van der Waals surface area contributed by atoms with Crippen LogP contribution in [0, 0.1) is 0 Å². The van der Waals surface area contributed by atoms with Crippen molar-refractivity contribution in [1.29, 1.82) is 0 Å². The summed E-state index contributed by atoms with van der Waals surface area (Å²) in [4.78, 5) is 6.80. The van der Waals surface area contributed by atoms with Crippen molar-refractivity contribution in [2.24, 2.45) is 0 Å². The maximum atomic E-state index is 10.1. The van der Waals surface area contributed by atoms with Crippen molar-refractivity contribution in [3.63, 3.8) is 0 Å². The highest BCUT2D eigenvalue weighted by Crippen LogP contribution is 2.29. The first-order valence-corrected chi connectivity index (χ1v) is 6.81. The average Bonchev–Trinajstić information content (AvgIpc) is 2.68. The van der Waals surface area contributed by atoms with Crippen molar-refractivity contribution in [2.75, 3.05) is 18.0 Å². The molecule has 0 aromatic carbocycles. The second-order valence-electron chi connectivity index (χ2n) is 6.80. The van der Waals surface area contributed by atoms with Crippen LogP contribution in [-0.4, -0.2) is 33.9 Å². The number of hydrogen-bond acceptors (Lipinski definition) is 4. The van der Waals surface area contributed by atoms with Gasteiger partial charge in [0.15, 0.2) is 0 Å². The summed E-state index contributed by atoms with van der Waals surface area (Å²) in [5.74, 6) is 0.856. The lowest BCUT2D eigenvalue weighted by Crippen LogP contribution is -2.30. The van der Waals surface area contributed by atoms with E-state index in [1.165, 1.54) is 0 Å². The van der Waals surface area contributed by atoms with Crippen molar-refractivity contribution < 1.29 is 10.2 Å². The third kappa shape index (κ3) is 3.25. The number of aliphatic hydroxyl groups is 2. The minimum absolute atomic E-state index is 0.0167. The molecule has 1 unspecified atom stereocenters. The number of hydrogen-bond donors (Lipinski definition) is 2. The number of anilines is 1. The molecule has 0 bridgehead atoms. The molecule has 2 N–H and O–H groups in total. The van der Waals surface area contributed by atoms with Crippen molar-refractivity contribution in [1.82, 2.24) is 4.98 Å². The summed E-state index contributed by atoms with van der Waals surface area (Å²) >= 11 is 0. The van der Waals surface area contributed by atoms with Gasteiger partial charge in [0.2, 0.25) is 0 Å². The SMILES string of the molecule is CC1(O)CCN(c2cc(CO)cc(C(C)(C)C)n2)C1. The van der Waals surface area contributed by atoms with Gasteiger partial charge in [0.05, 0.1) is 12.2 Å². The van der Waals surface area contributed by atoms with Crippen LogP contribution in [0.4, 0.5) is 5.82 Å². The second kappa shape index (κ2) is 4.76. The van der Waals surface area contributed by atoms with Gasteiger partial charge in [0, 0.05) is 24.2 Å². The molecule has 1 fully saturated rings. The van der Waals surface area contributed by atoms with Gasteiger partial charge >= 0.3 is 0 Å². The fourth-order valence-corrected chi connectivity index (χ4v) is 2.35. The standard InChI is InChI=1S/C15H24N2O2/c1-14(2,3)12-7-11(9-18)8-13(16-12)17-6-5-15(4,19)10-17/h7-8,18-19H,5-6,9-10H2,1-4H3. The van der Waals surface area contributed by atoms with E-state index in [4.69, 9.17) is 4.98 Å². The molecule has 0 amide bonds. The Morgan fingerprint density at radius 3 is 2.53 bits per heavy atom. The average molecular weight is 264 g/mol. The zero-order valence-electron chi connectivity index (χ0n) is 12.3. The fourth-order valence-electron chi connectivity index (χ4n) is 2.35. The molecule has 1 aliphatic heterocycles. The van der Waals surface area contributed by atoms with E-state index in [9.17, 15) is 10.2 Å². The molecule has 0 saturated carbocycles. The van der Waals surface area contributed by atoms with Gasteiger partial charge in [-0.2, -0.15) is 0 Å². The molecular formula is C15H24N2O2. The third-order valence-corrected chi connectivity index (χ3v) is 3.60. The lowest BCUT2D eigenvalue weighted by Gasteiger charge is -2.24. The molecule has 1 saturated heterocycles. The Kier molecular flexibility index (Phi) is 3.58. The molecular weight excluding hydrogens is 240 g/mol. The first-order valence-electron chi connectivity index (χ1n) is 6.81. The number of aromatic nitrogens is 1. The van der Waals surface area contributed by atoms with Gasteiger partial charge in [-0.1, -0.05) is 20.8 Å². The Hall–Kier alpha value is -1.13. The molecule has 2 heterocycles. The highest BCUT2D eigenvalue weighted by molar-refractivity contribution is 5.45. The van der Waals surface area contributed by atoms with E-state index in [2.05, 4.69) is 25.7 Å². The van der Waals surface area contributed by atoms with Crippen molar-refractivity contribution >= 4 is 5.82 Å². The Morgan fingerprint density at radius 2 is 2.05 bits per heavy atom. The fraction of sp³-hybridized carbons (Fsp3) is 0.667. The zero-order valence-corrected chi connectivity index (χ0v) is 12.3. The van der Waals surface area contributed by atoms with Crippen LogP contribution in [0.3, 0.4) is 0 Å². The first-order chi connectivity index (χ1) is 8.71. The Morgan fingerprint density at radius 1 is 1.37 bits per heavy atom. The van der Waals surface area contributed by atoms with Gasteiger partial charge in [-0.05, 0) is 31.0 Å². The number of nitrogens with zero attached hydrogens (tertiary/aromatic N) is 2. The van der Waals surface area contributed by atoms with E-state index in [0.29, 0.717) is 6.54 Å². The molecule has 0 radical (unpaired) electrons. The minimum Gasteiger partial charge on any atom is -0.392 e. The quantitative estimate of drug-likeness (QED) is 0.855. The minimum atomic E-state index is -0.640. The van der Waals surface area contributed by atoms with Gasteiger partial charge in [-0.15, -0.1) is 0 Å². The molecule has 1 aromatic rings. The highest BCUT2D eigenvalue weighted by atomic mass is 16.3. The smallest absolute Gasteiger partial charge is 0.129 e. The van der Waals surface area contributed by atoms with Crippen molar-refractivity contribution in [3.8, 4) is 0 Å². The molecule has 1 aliphatic rings. The zero-order chi connectivity index (χ0) is 14.3. The Balaban J connectivity index is 2.35. The molecule has 2 rings (SSSR count). The predicted molar refractivity (Wildman–Crippen MR) is 76.3 cm³/mol. The van der Waals surface area contributed by atoms with Crippen LogP contribution in [0.25, 0.3) is 0 Å². The van der Waals surface area contributed by atoms with Gasteiger partial charge in [0.1, 0.15) is 5.82 Å². The van der Waals surface area contributed by atoms with Crippen molar-refractivity contribution in [3.05, 3.63) is 23.4 Å². The molecule has 1 atom stereocenters. The normalized spacial score (nSPS) is 24.0. The predicted octanol–water partition coefficient (Wildman–Crippen LogP) is 1.83. The van der Waals surface area contributed by atoms with Gasteiger partial charge < -0.3 is 15.1 Å². The van der Waals surface area contributed by atoms with E-state index in [0.717, 1.165) is 30.0 Å². The highest BCUT2D eigenvalue weighted by Gasteiger charge is 2.32. The van der Waals surface area contributed by atoms with E-state index in [-0.39, 0.29) is 12.0 Å². The van der Waals surface area contributed by atoms with E-state index in [1.54, 1.807) is 0 Å². The molecule has 0 spiro atoms. The van der Waals surface area contributed by atoms with Gasteiger partial charge in [0.25, 0.3) is 0 Å². The van der Waals surface area contributed by atoms with Gasteiger partial charge in [-0.25, -0.2) is 4.98 Å². The number of pyridine rings is 1. The molecule has 0 aliphatic carbocycles. The summed E-state index contributed by atoms with van der Waals surface area (Å²) < 4.78 is 0. The first kappa shape index (κ1) is 14.3. The molecule has 4 nitrogen and oxygen atoms in total. The summed E-state index contributed by atoms with van der Waals surface area (Å²) in [6.07, 6.45) is 0.753. The molecule has 4 heteroatoms. The Labute approximate surface area is 115 Å². The van der Waals surface area contributed by atoms with Crippen LogP contribution in [0.2, 0.25) is 0 Å². The summed E-state index contributed by atoms with van der Waals surface area (Å²) in [7, 11) is 0. The van der Waals surface area contributed by atoms with E-state index < -0.39 is 5.60 Å². The van der Waals surface area contributed by atoms with Crippen LogP contribution in [0.1, 0.15) is 45.4 Å². The molecule has 1 aromatic heterocycles. The van der Waals surface area contributed by atoms with Crippen LogP contribution >= 0.6 is 0 Å². The molecule has 106 valence electrons. The number of aliphatic hydroxyl groups excluding tert-OH is 1. The Bertz CT molecular complexity index is 464. The lowest BCUT2D eigenvalue weighted by atomic mass is 9.91. The summed E-state index contributed by atoms with van der Waals surface area (Å²) in [6, 6.07) is 3.87. The summed E-state index contributed by atoms with van der Waals surface area (Å²) in [5.41, 5.74) is 1.16. The maximum Gasteiger partial charge on any atom is 0.129 e. The van der Waals surface area contributed by atoms with Crippen LogP contribution in [0.15, 0.2) is 12.1 Å². The lowest BCUT2D eigenvalue weighted by molar-refractivity contribution is 0.0839. The summed E-state index contributed by atoms with van der Waals surface area (Å²) in [6.45, 7) is 9.61. The van der Waals surface area contributed by atoms with Crippen LogP contribution in [-0.2, 0) is 12.0 Å².